The highest BCUT2D eigenvalue weighted by Crippen LogP contribution is 2.25. The number of aryl methyl sites for hydroxylation is 2. The van der Waals surface area contributed by atoms with Crippen LogP contribution in [0.4, 0.5) is 29.2 Å². The zero-order chi connectivity index (χ0) is 32.5. The summed E-state index contributed by atoms with van der Waals surface area (Å²) in [5.41, 5.74) is 27.3. The Kier molecular flexibility index (Phi) is 8.82. The monoisotopic (exact) mass is 627 g/mol. The van der Waals surface area contributed by atoms with Gasteiger partial charge < -0.3 is 47.9 Å². The maximum absolute atomic E-state index is 13.2. The average Bonchev–Trinajstić information content (AvgIpc) is 3.01. The van der Waals surface area contributed by atoms with Gasteiger partial charge in [0.05, 0.1) is 5.39 Å². The van der Waals surface area contributed by atoms with E-state index in [1.165, 1.54) is 0 Å². The third kappa shape index (κ3) is 6.77. The second-order valence-corrected chi connectivity index (χ2v) is 12.2. The van der Waals surface area contributed by atoms with Gasteiger partial charge in [0.1, 0.15) is 11.2 Å². The first kappa shape index (κ1) is 31.3. The van der Waals surface area contributed by atoms with Crippen LogP contribution in [0.1, 0.15) is 35.8 Å². The molecule has 0 unspecified atom stereocenters. The van der Waals surface area contributed by atoms with Crippen molar-refractivity contribution < 1.29 is 4.79 Å². The lowest BCUT2D eigenvalue weighted by molar-refractivity contribution is 0.102. The summed E-state index contributed by atoms with van der Waals surface area (Å²) in [6, 6.07) is 10.1. The molecule has 0 aliphatic carbocycles. The Labute approximate surface area is 266 Å². The molecule has 5 heterocycles. The highest BCUT2D eigenvalue weighted by molar-refractivity contribution is 6.05. The molecule has 46 heavy (non-hydrogen) atoms. The molecular weight excluding hydrogens is 586 g/mol. The van der Waals surface area contributed by atoms with Crippen LogP contribution < -0.4 is 48.8 Å². The van der Waals surface area contributed by atoms with E-state index in [4.69, 9.17) is 37.9 Å². The van der Waals surface area contributed by atoms with Gasteiger partial charge in [-0.05, 0) is 63.1 Å². The Hall–Kier alpha value is -4.70. The normalized spacial score (nSPS) is 21.8. The molecule has 15 heteroatoms. The summed E-state index contributed by atoms with van der Waals surface area (Å²) in [5.74, 6) is 0.761. The summed E-state index contributed by atoms with van der Waals surface area (Å²) in [5, 5.41) is 6.49. The lowest BCUT2D eigenvalue weighted by Crippen LogP contribution is -2.54. The van der Waals surface area contributed by atoms with Crippen LogP contribution in [0.5, 0.6) is 0 Å². The molecule has 4 aromatic rings. The third-order valence-corrected chi connectivity index (χ3v) is 8.25. The Balaban J connectivity index is 1.23. The molecule has 15 nitrogen and oxygen atoms in total. The Bertz CT molecular complexity index is 1730. The average molecular weight is 628 g/mol. The van der Waals surface area contributed by atoms with E-state index in [0.717, 1.165) is 18.5 Å². The van der Waals surface area contributed by atoms with Crippen molar-refractivity contribution in [2.24, 2.45) is 22.9 Å². The summed E-state index contributed by atoms with van der Waals surface area (Å²) < 4.78 is 1.80. The van der Waals surface area contributed by atoms with Crippen LogP contribution in [0.25, 0.3) is 11.0 Å². The van der Waals surface area contributed by atoms with Gasteiger partial charge in [-0.3, -0.25) is 9.59 Å². The molecule has 1 amide bonds. The summed E-state index contributed by atoms with van der Waals surface area (Å²) in [6.45, 7) is 6.64. The maximum atomic E-state index is 13.2. The summed E-state index contributed by atoms with van der Waals surface area (Å²) in [7, 11) is 0. The molecule has 0 spiro atoms. The minimum absolute atomic E-state index is 0.0433. The smallest absolute Gasteiger partial charge is 0.261 e. The van der Waals surface area contributed by atoms with Gasteiger partial charge >= 0.3 is 0 Å². The Morgan fingerprint density at radius 3 is 1.89 bits per heavy atom. The van der Waals surface area contributed by atoms with Crippen LogP contribution in [0.15, 0.2) is 47.4 Å². The van der Waals surface area contributed by atoms with Gasteiger partial charge in [0.2, 0.25) is 23.3 Å². The van der Waals surface area contributed by atoms with Crippen molar-refractivity contribution in [1.82, 2.24) is 24.5 Å². The van der Waals surface area contributed by atoms with E-state index >= 15 is 0 Å². The maximum Gasteiger partial charge on any atom is 0.261 e. The van der Waals surface area contributed by atoms with E-state index in [1.54, 1.807) is 47.2 Å². The molecule has 2 aliphatic rings. The summed E-state index contributed by atoms with van der Waals surface area (Å²) in [6.07, 6.45) is 3.01. The fourth-order valence-electron chi connectivity index (χ4n) is 6.10. The van der Waals surface area contributed by atoms with Gasteiger partial charge in [-0.2, -0.15) is 15.0 Å². The first-order valence-electron chi connectivity index (χ1n) is 15.5. The SMILES string of the molecule is CCn1cc(C(=O)Nc2ccc(Nc3nc(N4C[C@H](N)C[C@H](N)C4)nc(N4C[C@H](N)C[C@H](N)C4)n3)cc2)c(=O)c2ccc(C)nc21. The summed E-state index contributed by atoms with van der Waals surface area (Å²) in [4.78, 5) is 49.0. The predicted octanol–water partition coefficient (Wildman–Crippen LogP) is 0.635. The second-order valence-electron chi connectivity index (χ2n) is 12.2. The number of hydrogen-bond donors (Lipinski definition) is 6. The number of rotatable bonds is 7. The second kappa shape index (κ2) is 13.0. The van der Waals surface area contributed by atoms with Crippen LogP contribution in [0, 0.1) is 6.92 Å². The number of carbonyl (C=O) groups is 1. The third-order valence-electron chi connectivity index (χ3n) is 8.25. The molecule has 6 rings (SSSR count). The van der Waals surface area contributed by atoms with Crippen molar-refractivity contribution in [3.63, 3.8) is 0 Å². The zero-order valence-corrected chi connectivity index (χ0v) is 26.1. The number of hydrogen-bond acceptors (Lipinski definition) is 13. The highest BCUT2D eigenvalue weighted by Gasteiger charge is 2.29. The van der Waals surface area contributed by atoms with Gasteiger partial charge in [0.15, 0.2) is 0 Å². The van der Waals surface area contributed by atoms with Gasteiger partial charge in [-0.1, -0.05) is 0 Å². The summed E-state index contributed by atoms with van der Waals surface area (Å²) >= 11 is 0. The Morgan fingerprint density at radius 1 is 0.804 bits per heavy atom. The molecule has 1 aromatic carbocycles. The quantitative estimate of drug-likeness (QED) is 0.166. The van der Waals surface area contributed by atoms with Gasteiger partial charge in [-0.25, -0.2) is 4.98 Å². The van der Waals surface area contributed by atoms with Gasteiger partial charge in [0.25, 0.3) is 5.91 Å². The minimum atomic E-state index is -0.502. The molecule has 2 fully saturated rings. The van der Waals surface area contributed by atoms with Gasteiger partial charge in [-0.15, -0.1) is 0 Å². The largest absolute Gasteiger partial charge is 0.338 e. The fourth-order valence-corrected chi connectivity index (χ4v) is 6.10. The number of carbonyl (C=O) groups excluding carboxylic acids is 1. The number of amides is 1. The van der Waals surface area contributed by atoms with E-state index < -0.39 is 5.91 Å². The molecule has 242 valence electrons. The molecule has 3 aromatic heterocycles. The number of nitrogens with two attached hydrogens (primary N) is 4. The number of anilines is 5. The molecule has 2 aliphatic heterocycles. The van der Waals surface area contributed by atoms with Crippen LogP contribution in [-0.2, 0) is 6.54 Å². The number of benzene rings is 1. The van der Waals surface area contributed by atoms with Crippen LogP contribution in [0.3, 0.4) is 0 Å². The first-order valence-corrected chi connectivity index (χ1v) is 15.5. The van der Waals surface area contributed by atoms with Crippen molar-refractivity contribution in [1.29, 1.82) is 0 Å². The number of piperidine rings is 2. The van der Waals surface area contributed by atoms with Crippen molar-refractivity contribution in [2.45, 2.75) is 57.4 Å². The van der Waals surface area contributed by atoms with E-state index in [-0.39, 0.29) is 35.2 Å². The number of pyridine rings is 2. The molecule has 0 radical (unpaired) electrons. The van der Waals surface area contributed by atoms with E-state index in [9.17, 15) is 9.59 Å². The topological polar surface area (TPSA) is 225 Å². The number of fused-ring (bicyclic) bond motifs is 1. The molecule has 2 saturated heterocycles. The van der Waals surface area contributed by atoms with Crippen LogP contribution >= 0.6 is 0 Å². The first-order chi connectivity index (χ1) is 22.1. The van der Waals surface area contributed by atoms with Crippen molar-refractivity contribution >= 4 is 46.2 Å². The number of nitrogens with zero attached hydrogens (tertiary/aromatic N) is 7. The molecule has 0 saturated carbocycles. The zero-order valence-electron chi connectivity index (χ0n) is 26.1. The molecule has 0 bridgehead atoms. The highest BCUT2D eigenvalue weighted by atomic mass is 16.2. The van der Waals surface area contributed by atoms with Crippen LogP contribution in [-0.4, -0.2) is 80.8 Å². The van der Waals surface area contributed by atoms with Crippen molar-refractivity contribution in [2.75, 3.05) is 46.6 Å². The van der Waals surface area contributed by atoms with Crippen molar-refractivity contribution in [3.8, 4) is 0 Å². The van der Waals surface area contributed by atoms with E-state index in [2.05, 4.69) is 15.6 Å². The number of aromatic nitrogens is 5. The standard InChI is InChI=1S/C31H41N13O2/c1-3-42-16-25(26(45)24-9-4-17(2)36-27(24)42)28(46)37-22-5-7-23(8-6-22)38-29-39-30(43-12-18(32)10-19(33)13-43)41-31(40-29)44-14-20(34)11-21(35)15-44/h4-9,16,18-21H,3,10-15,32-35H2,1-2H3,(H,37,46)(H,38,39,40,41)/t18-,19+,20-,21+. The van der Waals surface area contributed by atoms with E-state index in [0.29, 0.717) is 73.0 Å². The predicted molar refractivity (Wildman–Crippen MR) is 179 cm³/mol. The Morgan fingerprint density at radius 2 is 1.35 bits per heavy atom. The lowest BCUT2D eigenvalue weighted by atomic mass is 10.0. The van der Waals surface area contributed by atoms with Gasteiger partial charge in [0, 0.05) is 80.2 Å². The van der Waals surface area contributed by atoms with Crippen molar-refractivity contribution in [3.05, 3.63) is 64.1 Å². The lowest BCUT2D eigenvalue weighted by Gasteiger charge is -2.37. The van der Waals surface area contributed by atoms with Crippen LogP contribution in [0.2, 0.25) is 0 Å². The fraction of sp³-hybridized carbons (Fsp3) is 0.419. The molecular formula is C31H41N13O2. The minimum Gasteiger partial charge on any atom is -0.338 e. The number of nitrogens with one attached hydrogen (secondary N) is 2. The van der Waals surface area contributed by atoms with E-state index in [1.807, 2.05) is 23.6 Å². The molecule has 10 N–H and O–H groups in total. The molecule has 4 atom stereocenters.